The Morgan fingerprint density at radius 2 is 2.24 bits per heavy atom. The minimum absolute atomic E-state index is 0.0506. The number of rotatable bonds is 3. The molecule has 6 heteroatoms. The molecule has 0 unspecified atom stereocenters. The van der Waals surface area contributed by atoms with Gasteiger partial charge >= 0.3 is 0 Å². The lowest BCUT2D eigenvalue weighted by atomic mass is 10.2. The summed E-state index contributed by atoms with van der Waals surface area (Å²) in [7, 11) is 0. The molecule has 0 atom stereocenters. The van der Waals surface area contributed by atoms with Crippen LogP contribution in [-0.2, 0) is 6.54 Å². The molecule has 0 spiro atoms. The highest BCUT2D eigenvalue weighted by Gasteiger charge is 2.13. The molecule has 3 aromatic rings. The Bertz CT molecular complexity index is 853. The molecule has 106 valence electrons. The number of aryl methyl sites for hydroxylation is 1. The quantitative estimate of drug-likeness (QED) is 0.804. The van der Waals surface area contributed by atoms with Crippen LogP contribution in [0.5, 0.6) is 0 Å². The highest BCUT2D eigenvalue weighted by atomic mass is 32.1. The van der Waals surface area contributed by atoms with Gasteiger partial charge in [0.2, 0.25) is 0 Å². The number of hydrogen-bond acceptors (Lipinski definition) is 4. The van der Waals surface area contributed by atoms with Crippen molar-refractivity contribution in [3.63, 3.8) is 0 Å². The summed E-state index contributed by atoms with van der Waals surface area (Å²) in [4.78, 5) is 29.7. The molecule has 3 aromatic heterocycles. The molecule has 0 radical (unpaired) electrons. The fourth-order valence-electron chi connectivity index (χ4n) is 2.08. The van der Waals surface area contributed by atoms with Gasteiger partial charge in [-0.1, -0.05) is 12.1 Å². The van der Waals surface area contributed by atoms with Gasteiger partial charge in [0.15, 0.2) is 0 Å². The van der Waals surface area contributed by atoms with Gasteiger partial charge in [-0.2, -0.15) is 0 Å². The third kappa shape index (κ3) is 2.57. The van der Waals surface area contributed by atoms with E-state index in [1.807, 2.05) is 30.5 Å². The van der Waals surface area contributed by atoms with Crippen LogP contribution in [0.3, 0.4) is 0 Å². The summed E-state index contributed by atoms with van der Waals surface area (Å²) in [6.07, 6.45) is 2.96. The van der Waals surface area contributed by atoms with Crippen molar-refractivity contribution in [2.75, 3.05) is 0 Å². The average molecular weight is 299 g/mol. The lowest BCUT2D eigenvalue weighted by Crippen LogP contribution is -2.31. The molecular formula is C15H13N3O2S. The van der Waals surface area contributed by atoms with Gasteiger partial charge in [-0.05, 0) is 30.0 Å². The average Bonchev–Trinajstić information content (AvgIpc) is 2.99. The smallest absolute Gasteiger partial charge is 0.270 e. The summed E-state index contributed by atoms with van der Waals surface area (Å²) >= 11 is 1.56. The molecule has 0 aliphatic rings. The van der Waals surface area contributed by atoms with Gasteiger partial charge in [-0.3, -0.25) is 14.0 Å². The normalized spacial score (nSPS) is 10.7. The zero-order chi connectivity index (χ0) is 14.8. The first kappa shape index (κ1) is 13.5. The van der Waals surface area contributed by atoms with Crippen LogP contribution in [0, 0.1) is 6.92 Å². The molecule has 3 rings (SSSR count). The molecule has 0 aliphatic heterocycles. The zero-order valence-electron chi connectivity index (χ0n) is 11.4. The van der Waals surface area contributed by atoms with Gasteiger partial charge in [-0.25, -0.2) is 4.98 Å². The largest absolute Gasteiger partial charge is 0.347 e. The highest BCUT2D eigenvalue weighted by Crippen LogP contribution is 2.08. The molecule has 21 heavy (non-hydrogen) atoms. The van der Waals surface area contributed by atoms with Crippen molar-refractivity contribution in [1.82, 2.24) is 14.7 Å². The number of fused-ring (bicyclic) bond motifs is 1. The van der Waals surface area contributed by atoms with Crippen molar-refractivity contribution in [2.24, 2.45) is 0 Å². The Balaban J connectivity index is 1.92. The van der Waals surface area contributed by atoms with Crippen LogP contribution >= 0.6 is 11.3 Å². The molecule has 0 aromatic carbocycles. The van der Waals surface area contributed by atoms with Crippen LogP contribution in [0.15, 0.2) is 46.8 Å². The first-order valence-electron chi connectivity index (χ1n) is 6.44. The van der Waals surface area contributed by atoms with E-state index >= 15 is 0 Å². The van der Waals surface area contributed by atoms with Gasteiger partial charge in [0, 0.05) is 17.3 Å². The van der Waals surface area contributed by atoms with Crippen LogP contribution in [-0.4, -0.2) is 15.3 Å². The highest BCUT2D eigenvalue weighted by molar-refractivity contribution is 7.09. The Labute approximate surface area is 124 Å². The van der Waals surface area contributed by atoms with Gasteiger partial charge in [0.1, 0.15) is 11.2 Å². The monoisotopic (exact) mass is 299 g/mol. The van der Waals surface area contributed by atoms with Crippen molar-refractivity contribution in [3.8, 4) is 0 Å². The van der Waals surface area contributed by atoms with Gasteiger partial charge in [-0.15, -0.1) is 11.3 Å². The van der Waals surface area contributed by atoms with Crippen molar-refractivity contribution in [3.05, 3.63) is 68.4 Å². The third-order valence-electron chi connectivity index (χ3n) is 3.18. The summed E-state index contributed by atoms with van der Waals surface area (Å²) in [5.41, 5.74) is 1.15. The van der Waals surface area contributed by atoms with Crippen molar-refractivity contribution < 1.29 is 4.79 Å². The van der Waals surface area contributed by atoms with Crippen LogP contribution in [0.25, 0.3) is 5.65 Å². The Kier molecular flexibility index (Phi) is 3.53. The minimum atomic E-state index is -0.406. The lowest BCUT2D eigenvalue weighted by Gasteiger charge is -2.06. The van der Waals surface area contributed by atoms with E-state index in [-0.39, 0.29) is 11.1 Å². The zero-order valence-corrected chi connectivity index (χ0v) is 12.2. The molecule has 0 bridgehead atoms. The van der Waals surface area contributed by atoms with E-state index in [0.29, 0.717) is 12.2 Å². The van der Waals surface area contributed by atoms with Crippen LogP contribution in [0.1, 0.15) is 20.8 Å². The fourth-order valence-corrected chi connectivity index (χ4v) is 2.72. The second-order valence-corrected chi connectivity index (χ2v) is 5.66. The Hall–Kier alpha value is -2.47. The van der Waals surface area contributed by atoms with Gasteiger partial charge < -0.3 is 5.32 Å². The maximum atomic E-state index is 12.3. The van der Waals surface area contributed by atoms with Crippen molar-refractivity contribution in [2.45, 2.75) is 13.5 Å². The second-order valence-electron chi connectivity index (χ2n) is 4.62. The van der Waals surface area contributed by atoms with Crippen molar-refractivity contribution >= 4 is 22.9 Å². The summed E-state index contributed by atoms with van der Waals surface area (Å²) in [6.45, 7) is 2.28. The standard InChI is InChI=1S/C15H13N3O2S/c1-10-4-2-6-18-13(10)16-9-12(15(18)20)14(19)17-8-11-5-3-7-21-11/h2-7,9H,8H2,1H3,(H,17,19). The molecule has 0 fully saturated rings. The predicted molar refractivity (Wildman–Crippen MR) is 81.7 cm³/mol. The summed E-state index contributed by atoms with van der Waals surface area (Å²) in [5.74, 6) is -0.406. The fraction of sp³-hybridized carbons (Fsp3) is 0.133. The summed E-state index contributed by atoms with van der Waals surface area (Å²) < 4.78 is 1.40. The summed E-state index contributed by atoms with van der Waals surface area (Å²) in [6, 6.07) is 7.48. The van der Waals surface area contributed by atoms with Crippen LogP contribution < -0.4 is 10.9 Å². The first-order chi connectivity index (χ1) is 10.2. The van der Waals surface area contributed by atoms with E-state index in [2.05, 4.69) is 10.3 Å². The molecular weight excluding hydrogens is 286 g/mol. The summed E-state index contributed by atoms with van der Waals surface area (Å²) in [5, 5.41) is 4.68. The number of pyridine rings is 1. The molecule has 0 saturated carbocycles. The van der Waals surface area contributed by atoms with Gasteiger partial charge in [0.25, 0.3) is 11.5 Å². The SMILES string of the molecule is Cc1cccn2c(=O)c(C(=O)NCc3cccs3)cnc12. The number of thiophene rings is 1. The molecule has 3 heterocycles. The van der Waals surface area contributed by atoms with Crippen LogP contribution in [0.4, 0.5) is 0 Å². The maximum absolute atomic E-state index is 12.3. The van der Waals surface area contributed by atoms with E-state index in [1.54, 1.807) is 23.6 Å². The van der Waals surface area contributed by atoms with Crippen molar-refractivity contribution in [1.29, 1.82) is 0 Å². The first-order valence-corrected chi connectivity index (χ1v) is 7.32. The number of carbonyl (C=O) groups is 1. The van der Waals surface area contributed by atoms with E-state index < -0.39 is 5.91 Å². The molecule has 0 aliphatic carbocycles. The third-order valence-corrected chi connectivity index (χ3v) is 4.05. The van der Waals surface area contributed by atoms with Gasteiger partial charge in [0.05, 0.1) is 6.54 Å². The number of aromatic nitrogens is 2. The Morgan fingerprint density at radius 3 is 3.00 bits per heavy atom. The number of hydrogen-bond donors (Lipinski definition) is 1. The predicted octanol–water partition coefficient (Wildman–Crippen LogP) is 1.99. The minimum Gasteiger partial charge on any atom is -0.347 e. The molecule has 1 N–H and O–H groups in total. The van der Waals surface area contributed by atoms with E-state index in [1.165, 1.54) is 10.6 Å². The molecule has 0 saturated heterocycles. The van der Waals surface area contributed by atoms with Crippen LogP contribution in [0.2, 0.25) is 0 Å². The van der Waals surface area contributed by atoms with E-state index in [9.17, 15) is 9.59 Å². The molecule has 5 nitrogen and oxygen atoms in total. The van der Waals surface area contributed by atoms with E-state index in [4.69, 9.17) is 0 Å². The number of amides is 1. The maximum Gasteiger partial charge on any atom is 0.270 e. The topological polar surface area (TPSA) is 63.5 Å². The van der Waals surface area contributed by atoms with E-state index in [0.717, 1.165) is 10.4 Å². The number of nitrogens with one attached hydrogen (secondary N) is 1. The number of nitrogens with zero attached hydrogens (tertiary/aromatic N) is 2. The number of carbonyl (C=O) groups excluding carboxylic acids is 1. The Morgan fingerprint density at radius 1 is 1.38 bits per heavy atom. The molecule has 1 amide bonds. The lowest BCUT2D eigenvalue weighted by molar-refractivity contribution is 0.0949. The second kappa shape index (κ2) is 5.49.